The molecule has 0 amide bonds. The molecule has 0 spiro atoms. The summed E-state index contributed by atoms with van der Waals surface area (Å²) in [7, 11) is 0. The fourth-order valence-corrected chi connectivity index (χ4v) is 1.58. The molecule has 0 aliphatic heterocycles. The zero-order chi connectivity index (χ0) is 16.0. The average molecular weight is 313 g/mol. The largest absolute Gasteiger partial charge is 0.573 e. The normalized spacial score (nSPS) is 11.6. The Morgan fingerprint density at radius 2 is 1.77 bits per heavy atom. The number of nitrogens with zero attached hydrogens (tertiary/aromatic N) is 1. The predicted octanol–water partition coefficient (Wildman–Crippen LogP) is 4.28. The second-order valence-electron chi connectivity index (χ2n) is 4.25. The van der Waals surface area contributed by atoms with Crippen molar-refractivity contribution in [1.82, 2.24) is 0 Å². The highest BCUT2D eigenvalue weighted by Crippen LogP contribution is 2.22. The fraction of sp³-hybridized carbons (Fsp3) is 0.133. The molecule has 0 bridgehead atoms. The van der Waals surface area contributed by atoms with E-state index in [0.29, 0.717) is 11.1 Å². The van der Waals surface area contributed by atoms with Gasteiger partial charge in [-0.15, -0.1) is 13.2 Å². The molecule has 22 heavy (non-hydrogen) atoms. The summed E-state index contributed by atoms with van der Waals surface area (Å²) in [5.41, 5.74) is 1.15. The standard InChI is InChI=1S/C15H11F4NO2/c16-13-3-1-2-12(8-13)9-20-21-10-11-4-6-14(7-5-11)22-15(17,18)19/h1-9H,10H2. The van der Waals surface area contributed by atoms with Crippen molar-refractivity contribution < 1.29 is 27.1 Å². The second-order valence-corrected chi connectivity index (χ2v) is 4.25. The van der Waals surface area contributed by atoms with Crippen LogP contribution in [0.5, 0.6) is 5.75 Å². The molecule has 7 heteroatoms. The number of oxime groups is 1. The lowest BCUT2D eigenvalue weighted by Gasteiger charge is -2.08. The number of hydrogen-bond acceptors (Lipinski definition) is 3. The molecule has 0 atom stereocenters. The van der Waals surface area contributed by atoms with Crippen LogP contribution in [-0.4, -0.2) is 12.6 Å². The summed E-state index contributed by atoms with van der Waals surface area (Å²) in [6.45, 7) is 0.0676. The molecule has 0 fully saturated rings. The zero-order valence-electron chi connectivity index (χ0n) is 11.2. The molecule has 0 aliphatic rings. The minimum absolute atomic E-state index is 0.0676. The van der Waals surface area contributed by atoms with Gasteiger partial charge in [-0.25, -0.2) is 4.39 Å². The fourth-order valence-electron chi connectivity index (χ4n) is 1.58. The van der Waals surface area contributed by atoms with Crippen molar-refractivity contribution >= 4 is 6.21 Å². The third-order valence-electron chi connectivity index (χ3n) is 2.51. The van der Waals surface area contributed by atoms with Crippen LogP contribution in [0.3, 0.4) is 0 Å². The minimum atomic E-state index is -4.72. The molecule has 116 valence electrons. The Labute approximate surface area is 123 Å². The van der Waals surface area contributed by atoms with Gasteiger partial charge in [0.15, 0.2) is 0 Å². The molecule has 0 unspecified atom stereocenters. The number of benzene rings is 2. The number of alkyl halides is 3. The monoisotopic (exact) mass is 313 g/mol. The lowest BCUT2D eigenvalue weighted by Crippen LogP contribution is -2.17. The lowest BCUT2D eigenvalue weighted by molar-refractivity contribution is -0.274. The highest BCUT2D eigenvalue weighted by atomic mass is 19.4. The maximum Gasteiger partial charge on any atom is 0.573 e. The van der Waals surface area contributed by atoms with Crippen molar-refractivity contribution in [2.45, 2.75) is 13.0 Å². The first-order chi connectivity index (χ1) is 10.4. The van der Waals surface area contributed by atoms with Crippen LogP contribution in [0, 0.1) is 5.82 Å². The van der Waals surface area contributed by atoms with Crippen molar-refractivity contribution in [3.05, 3.63) is 65.5 Å². The SMILES string of the molecule is Fc1cccc(C=NOCc2ccc(OC(F)(F)F)cc2)c1. The van der Waals surface area contributed by atoms with Crippen LogP contribution in [-0.2, 0) is 11.4 Å². The molecule has 0 saturated heterocycles. The molecule has 0 aromatic heterocycles. The summed E-state index contributed by atoms with van der Waals surface area (Å²) < 4.78 is 52.6. The number of halogens is 4. The van der Waals surface area contributed by atoms with Gasteiger partial charge in [0.25, 0.3) is 0 Å². The van der Waals surface area contributed by atoms with Gasteiger partial charge < -0.3 is 9.57 Å². The van der Waals surface area contributed by atoms with E-state index >= 15 is 0 Å². The number of rotatable bonds is 5. The topological polar surface area (TPSA) is 30.8 Å². The van der Waals surface area contributed by atoms with Gasteiger partial charge in [0.1, 0.15) is 18.2 Å². The summed E-state index contributed by atoms with van der Waals surface area (Å²) in [6.07, 6.45) is -3.38. The van der Waals surface area contributed by atoms with E-state index in [1.165, 1.54) is 48.7 Å². The Balaban J connectivity index is 1.84. The van der Waals surface area contributed by atoms with E-state index in [0.717, 1.165) is 0 Å². The van der Waals surface area contributed by atoms with Crippen molar-refractivity contribution in [3.8, 4) is 5.75 Å². The van der Waals surface area contributed by atoms with Gasteiger partial charge in [-0.1, -0.05) is 29.4 Å². The molecule has 2 aromatic carbocycles. The van der Waals surface area contributed by atoms with E-state index in [-0.39, 0.29) is 18.2 Å². The Bertz CT molecular complexity index is 639. The Kier molecular flexibility index (Phi) is 4.98. The Morgan fingerprint density at radius 1 is 1.05 bits per heavy atom. The molecule has 0 saturated carbocycles. The van der Waals surface area contributed by atoms with Crippen molar-refractivity contribution in [1.29, 1.82) is 0 Å². The van der Waals surface area contributed by atoms with E-state index in [2.05, 4.69) is 9.89 Å². The summed E-state index contributed by atoms with van der Waals surface area (Å²) >= 11 is 0. The third kappa shape index (κ3) is 5.43. The van der Waals surface area contributed by atoms with Crippen molar-refractivity contribution in [2.24, 2.45) is 5.16 Å². The van der Waals surface area contributed by atoms with E-state index in [1.54, 1.807) is 6.07 Å². The van der Waals surface area contributed by atoms with Gasteiger partial charge >= 0.3 is 6.36 Å². The highest BCUT2D eigenvalue weighted by molar-refractivity contribution is 5.78. The summed E-state index contributed by atoms with van der Waals surface area (Å²) in [5.74, 6) is -0.691. The lowest BCUT2D eigenvalue weighted by atomic mass is 10.2. The molecule has 2 aromatic rings. The summed E-state index contributed by atoms with van der Waals surface area (Å²) in [4.78, 5) is 4.99. The van der Waals surface area contributed by atoms with Gasteiger partial charge in [0, 0.05) is 0 Å². The quantitative estimate of drug-likeness (QED) is 0.469. The van der Waals surface area contributed by atoms with Crippen LogP contribution in [0.2, 0.25) is 0 Å². The number of ether oxygens (including phenoxy) is 1. The van der Waals surface area contributed by atoms with Crippen LogP contribution in [0.15, 0.2) is 53.7 Å². The highest BCUT2D eigenvalue weighted by Gasteiger charge is 2.30. The molecule has 0 radical (unpaired) electrons. The Morgan fingerprint density at radius 3 is 2.41 bits per heavy atom. The first-order valence-electron chi connectivity index (χ1n) is 6.18. The van der Waals surface area contributed by atoms with Gasteiger partial charge in [0.2, 0.25) is 0 Å². The predicted molar refractivity (Wildman–Crippen MR) is 71.9 cm³/mol. The molecule has 0 N–H and O–H groups in total. The third-order valence-corrected chi connectivity index (χ3v) is 2.51. The van der Waals surface area contributed by atoms with Crippen LogP contribution >= 0.6 is 0 Å². The Hall–Kier alpha value is -2.57. The maximum atomic E-state index is 12.9. The first kappa shape index (κ1) is 15.8. The average Bonchev–Trinajstić information content (AvgIpc) is 2.44. The van der Waals surface area contributed by atoms with Gasteiger partial charge in [-0.3, -0.25) is 0 Å². The maximum absolute atomic E-state index is 12.9. The summed E-state index contributed by atoms with van der Waals surface area (Å²) in [5, 5.41) is 3.66. The number of hydrogen-bond donors (Lipinski definition) is 0. The van der Waals surface area contributed by atoms with Crippen LogP contribution < -0.4 is 4.74 Å². The molecule has 2 rings (SSSR count). The zero-order valence-corrected chi connectivity index (χ0v) is 11.2. The summed E-state index contributed by atoms with van der Waals surface area (Å²) in [6, 6.07) is 11.0. The first-order valence-corrected chi connectivity index (χ1v) is 6.18. The van der Waals surface area contributed by atoms with E-state index < -0.39 is 6.36 Å². The molecule has 0 aliphatic carbocycles. The van der Waals surface area contributed by atoms with E-state index in [9.17, 15) is 17.6 Å². The van der Waals surface area contributed by atoms with Gasteiger partial charge in [0.05, 0.1) is 6.21 Å². The van der Waals surface area contributed by atoms with E-state index in [4.69, 9.17) is 4.84 Å². The van der Waals surface area contributed by atoms with Crippen LogP contribution in [0.1, 0.15) is 11.1 Å². The molecule has 3 nitrogen and oxygen atoms in total. The second kappa shape index (κ2) is 6.93. The van der Waals surface area contributed by atoms with Crippen molar-refractivity contribution in [3.63, 3.8) is 0 Å². The van der Waals surface area contributed by atoms with Crippen LogP contribution in [0.25, 0.3) is 0 Å². The van der Waals surface area contributed by atoms with Gasteiger partial charge in [-0.05, 0) is 35.4 Å². The van der Waals surface area contributed by atoms with Gasteiger partial charge in [-0.2, -0.15) is 0 Å². The van der Waals surface area contributed by atoms with Crippen molar-refractivity contribution in [2.75, 3.05) is 0 Å². The van der Waals surface area contributed by atoms with Crippen LogP contribution in [0.4, 0.5) is 17.6 Å². The minimum Gasteiger partial charge on any atom is -0.406 e. The molecular formula is C15H11F4NO2. The smallest absolute Gasteiger partial charge is 0.406 e. The van der Waals surface area contributed by atoms with E-state index in [1.807, 2.05) is 0 Å². The molecular weight excluding hydrogens is 302 g/mol. The molecule has 0 heterocycles.